The topological polar surface area (TPSA) is 100 Å². The lowest BCUT2D eigenvalue weighted by Crippen LogP contribution is -2.12. The van der Waals surface area contributed by atoms with Gasteiger partial charge < -0.3 is 10.5 Å². The molecule has 0 unspecified atom stereocenters. The molecule has 4 rings (SSSR count). The molecule has 0 aliphatic heterocycles. The van der Waals surface area contributed by atoms with E-state index in [0.717, 1.165) is 4.73 Å². The number of nitrogens with one attached hydrogen (secondary N) is 1. The second kappa shape index (κ2) is 7.12. The Hall–Kier alpha value is -4.14. The molecular formula is C20H15FN5O3+. The summed E-state index contributed by atoms with van der Waals surface area (Å²) in [6, 6.07) is 13.1. The Morgan fingerprint density at radius 3 is 2.55 bits per heavy atom. The maximum absolute atomic E-state index is 13.0. The van der Waals surface area contributed by atoms with Crippen molar-refractivity contribution in [2.24, 2.45) is 0 Å². The van der Waals surface area contributed by atoms with Crippen molar-refractivity contribution in [3.63, 3.8) is 0 Å². The SMILES string of the molecule is C[N+](=O)c1ccc2nc(-c3ccc(NC(=O)c4ccc(F)cc4)cn3)n(O)c2c1. The summed E-state index contributed by atoms with van der Waals surface area (Å²) in [5.74, 6) is -0.626. The third-order valence-electron chi connectivity index (χ3n) is 4.33. The Bertz CT molecular complexity index is 1230. The summed E-state index contributed by atoms with van der Waals surface area (Å²) in [6.45, 7) is 0. The number of hydrogen-bond acceptors (Lipinski definition) is 5. The molecule has 0 atom stereocenters. The van der Waals surface area contributed by atoms with Crippen LogP contribution in [0.3, 0.4) is 0 Å². The number of aromatic nitrogens is 3. The third-order valence-corrected chi connectivity index (χ3v) is 4.33. The number of nitrogens with zero attached hydrogens (tertiary/aromatic N) is 4. The number of pyridine rings is 1. The van der Waals surface area contributed by atoms with Crippen molar-refractivity contribution in [2.45, 2.75) is 0 Å². The van der Waals surface area contributed by atoms with E-state index in [0.29, 0.717) is 38.4 Å². The van der Waals surface area contributed by atoms with Gasteiger partial charge in [0.2, 0.25) is 0 Å². The van der Waals surface area contributed by atoms with Gasteiger partial charge >= 0.3 is 0 Å². The molecule has 2 aromatic heterocycles. The van der Waals surface area contributed by atoms with Crippen LogP contribution in [0.1, 0.15) is 10.4 Å². The Kier molecular flexibility index (Phi) is 4.47. The third kappa shape index (κ3) is 3.53. The fourth-order valence-corrected chi connectivity index (χ4v) is 2.82. The summed E-state index contributed by atoms with van der Waals surface area (Å²) in [7, 11) is 1.36. The first kappa shape index (κ1) is 18.2. The second-order valence-corrected chi connectivity index (χ2v) is 6.31. The van der Waals surface area contributed by atoms with Gasteiger partial charge in [-0.15, -0.1) is 0 Å². The molecule has 2 N–H and O–H groups in total. The van der Waals surface area contributed by atoms with Gasteiger partial charge in [0.05, 0.1) is 17.4 Å². The molecule has 4 aromatic rings. The van der Waals surface area contributed by atoms with Gasteiger partial charge in [0.25, 0.3) is 11.6 Å². The predicted octanol–water partition coefficient (Wildman–Crippen LogP) is 3.77. The van der Waals surface area contributed by atoms with E-state index in [1.165, 1.54) is 43.6 Å². The summed E-state index contributed by atoms with van der Waals surface area (Å²) in [5.41, 5.74) is 2.37. The Balaban J connectivity index is 1.59. The first-order valence-electron chi connectivity index (χ1n) is 8.58. The van der Waals surface area contributed by atoms with E-state index < -0.39 is 11.7 Å². The van der Waals surface area contributed by atoms with Crippen LogP contribution < -0.4 is 5.32 Å². The first-order valence-corrected chi connectivity index (χ1v) is 8.58. The van der Waals surface area contributed by atoms with Gasteiger partial charge in [0.1, 0.15) is 17.0 Å². The molecule has 8 nitrogen and oxygen atoms in total. The van der Waals surface area contributed by atoms with Crippen molar-refractivity contribution in [1.82, 2.24) is 14.7 Å². The molecule has 0 aliphatic carbocycles. The molecule has 2 aromatic carbocycles. The smallest absolute Gasteiger partial charge is 0.257 e. The number of halogens is 1. The fourth-order valence-electron chi connectivity index (χ4n) is 2.82. The highest BCUT2D eigenvalue weighted by Crippen LogP contribution is 2.25. The molecule has 0 radical (unpaired) electrons. The van der Waals surface area contributed by atoms with Crippen molar-refractivity contribution in [2.75, 3.05) is 12.4 Å². The van der Waals surface area contributed by atoms with Gasteiger partial charge in [-0.1, -0.05) is 0 Å². The molecule has 0 aliphatic rings. The van der Waals surface area contributed by atoms with Gasteiger partial charge in [0.15, 0.2) is 12.9 Å². The zero-order valence-corrected chi connectivity index (χ0v) is 15.2. The highest BCUT2D eigenvalue weighted by molar-refractivity contribution is 6.04. The highest BCUT2D eigenvalue weighted by Gasteiger charge is 2.17. The minimum atomic E-state index is -0.423. The zero-order chi connectivity index (χ0) is 20.5. The van der Waals surface area contributed by atoms with Crippen LogP contribution in [0, 0.1) is 10.7 Å². The monoisotopic (exact) mass is 392 g/mol. The number of rotatable bonds is 4. The molecule has 0 bridgehead atoms. The van der Waals surface area contributed by atoms with Crippen LogP contribution in [0.2, 0.25) is 0 Å². The van der Waals surface area contributed by atoms with E-state index in [9.17, 15) is 19.3 Å². The summed E-state index contributed by atoms with van der Waals surface area (Å²) in [6.07, 6.45) is 1.42. The largest absolute Gasteiger partial charge is 0.426 e. The van der Waals surface area contributed by atoms with Crippen LogP contribution in [-0.2, 0) is 0 Å². The van der Waals surface area contributed by atoms with Crippen molar-refractivity contribution in [1.29, 1.82) is 0 Å². The van der Waals surface area contributed by atoms with Crippen molar-refractivity contribution in [3.05, 3.63) is 77.1 Å². The lowest BCUT2D eigenvalue weighted by Gasteiger charge is -2.06. The average molecular weight is 392 g/mol. The van der Waals surface area contributed by atoms with E-state index in [4.69, 9.17) is 0 Å². The molecule has 0 fully saturated rings. The number of amides is 1. The number of carbonyl (C=O) groups excluding carboxylic acids is 1. The number of hydrogen-bond donors (Lipinski definition) is 2. The summed E-state index contributed by atoms with van der Waals surface area (Å²) >= 11 is 0. The van der Waals surface area contributed by atoms with Crippen molar-refractivity contribution in [3.8, 4) is 11.5 Å². The number of nitroso groups, excluding NO2 is 1. The van der Waals surface area contributed by atoms with Gasteiger partial charge in [-0.3, -0.25) is 9.78 Å². The normalized spacial score (nSPS) is 10.8. The van der Waals surface area contributed by atoms with Crippen LogP contribution >= 0.6 is 0 Å². The molecule has 0 spiro atoms. The number of anilines is 1. The summed E-state index contributed by atoms with van der Waals surface area (Å²) < 4.78 is 14.5. The van der Waals surface area contributed by atoms with E-state index in [2.05, 4.69) is 15.3 Å². The van der Waals surface area contributed by atoms with Gasteiger partial charge in [0, 0.05) is 27.4 Å². The number of carbonyl (C=O) groups is 1. The lowest BCUT2D eigenvalue weighted by molar-refractivity contribution is -0.428. The van der Waals surface area contributed by atoms with Crippen LogP contribution in [0.4, 0.5) is 15.8 Å². The minimum Gasteiger partial charge on any atom is -0.426 e. The number of benzene rings is 2. The predicted molar refractivity (Wildman–Crippen MR) is 104 cm³/mol. The maximum Gasteiger partial charge on any atom is 0.257 e. The number of imidazole rings is 1. The van der Waals surface area contributed by atoms with E-state index in [1.54, 1.807) is 24.3 Å². The average Bonchev–Trinajstić information content (AvgIpc) is 3.05. The highest BCUT2D eigenvalue weighted by atomic mass is 19.1. The van der Waals surface area contributed by atoms with E-state index in [-0.39, 0.29) is 5.82 Å². The number of fused-ring (bicyclic) bond motifs is 1. The Morgan fingerprint density at radius 1 is 1.14 bits per heavy atom. The fraction of sp³-hybridized carbons (Fsp3) is 0.0500. The maximum atomic E-state index is 13.0. The molecule has 2 heterocycles. The summed E-state index contributed by atoms with van der Waals surface area (Å²) in [4.78, 5) is 32.2. The first-order chi connectivity index (χ1) is 13.9. The minimum absolute atomic E-state index is 0.196. The zero-order valence-electron chi connectivity index (χ0n) is 15.2. The Morgan fingerprint density at radius 2 is 1.90 bits per heavy atom. The van der Waals surface area contributed by atoms with Gasteiger partial charge in [-0.2, -0.15) is 4.73 Å². The molecule has 29 heavy (non-hydrogen) atoms. The van der Waals surface area contributed by atoms with Crippen LogP contribution in [-0.4, -0.2) is 37.6 Å². The van der Waals surface area contributed by atoms with Crippen LogP contribution in [0.15, 0.2) is 60.8 Å². The van der Waals surface area contributed by atoms with Gasteiger partial charge in [-0.05, 0) is 42.5 Å². The molecule has 0 saturated carbocycles. The molecule has 9 heteroatoms. The quantitative estimate of drug-likeness (QED) is 0.407. The standard InChI is InChI=1S/C20H14FN5O3/c1-25(28)15-7-9-16-18(10-15)26(29)19(24-16)17-8-6-14(11-22-17)23-20(27)12-2-4-13(21)5-3-12/h2-11H,1H3,(H-,23,24,27,28,29)/p+1. The van der Waals surface area contributed by atoms with Crippen molar-refractivity contribution >= 4 is 28.3 Å². The molecular weight excluding hydrogens is 377 g/mol. The molecule has 144 valence electrons. The van der Waals surface area contributed by atoms with Crippen LogP contribution in [0.25, 0.3) is 22.6 Å². The molecule has 1 amide bonds. The van der Waals surface area contributed by atoms with E-state index >= 15 is 0 Å². The Labute approximate surface area is 163 Å². The van der Waals surface area contributed by atoms with Crippen molar-refractivity contribution < 1.29 is 19.2 Å². The second-order valence-electron chi connectivity index (χ2n) is 6.31. The molecule has 0 saturated heterocycles. The van der Waals surface area contributed by atoms with Gasteiger partial charge in [-0.25, -0.2) is 9.37 Å². The summed E-state index contributed by atoms with van der Waals surface area (Å²) in [5, 5.41) is 13.1. The van der Waals surface area contributed by atoms with Crippen LogP contribution in [0.5, 0.6) is 0 Å². The lowest BCUT2D eigenvalue weighted by atomic mass is 10.2. The van der Waals surface area contributed by atoms with E-state index in [1.807, 2.05) is 0 Å².